The van der Waals surface area contributed by atoms with Crippen LogP contribution in [-0.4, -0.2) is 18.8 Å². The Morgan fingerprint density at radius 3 is 2.55 bits per heavy atom. The van der Waals surface area contributed by atoms with Gasteiger partial charge in [-0.2, -0.15) is 0 Å². The quantitative estimate of drug-likeness (QED) is 0.904. The lowest BCUT2D eigenvalue weighted by atomic mass is 9.91. The first-order chi connectivity index (χ1) is 9.65. The Morgan fingerprint density at radius 2 is 1.95 bits per heavy atom. The number of ether oxygens (including phenoxy) is 1. The van der Waals surface area contributed by atoms with Crippen LogP contribution in [0.25, 0.3) is 0 Å². The van der Waals surface area contributed by atoms with Crippen LogP contribution in [0, 0.1) is 12.7 Å². The topological polar surface area (TPSA) is 29.5 Å². The lowest BCUT2D eigenvalue weighted by molar-refractivity contribution is 0.264. The molecule has 0 heterocycles. The normalized spacial score (nSPS) is 12.2. The highest BCUT2D eigenvalue weighted by Crippen LogP contribution is 2.26. The van der Waals surface area contributed by atoms with Crippen molar-refractivity contribution in [2.45, 2.75) is 19.3 Å². The number of methoxy groups -OCH3 is 1. The standard InChI is InChI=1S/C17H19FO2/c1-12-5-3-4-6-13(12)9-15(11-19)14-7-8-17(20-2)16(18)10-14/h3-8,10,15,19H,9,11H2,1-2H3. The summed E-state index contributed by atoms with van der Waals surface area (Å²) in [7, 11) is 1.44. The van der Waals surface area contributed by atoms with Crippen molar-refractivity contribution in [3.8, 4) is 5.75 Å². The molecule has 0 aliphatic rings. The summed E-state index contributed by atoms with van der Waals surface area (Å²) in [4.78, 5) is 0. The van der Waals surface area contributed by atoms with Gasteiger partial charge in [0, 0.05) is 5.92 Å². The number of aliphatic hydroxyl groups is 1. The van der Waals surface area contributed by atoms with Crippen LogP contribution in [-0.2, 0) is 6.42 Å². The third-order valence-electron chi connectivity index (χ3n) is 3.60. The zero-order valence-electron chi connectivity index (χ0n) is 11.8. The van der Waals surface area contributed by atoms with Gasteiger partial charge in [-0.05, 0) is 42.2 Å². The smallest absolute Gasteiger partial charge is 0.165 e. The second-order valence-electron chi connectivity index (χ2n) is 4.90. The largest absolute Gasteiger partial charge is 0.494 e. The van der Waals surface area contributed by atoms with E-state index < -0.39 is 5.82 Å². The van der Waals surface area contributed by atoms with Crippen molar-refractivity contribution in [1.82, 2.24) is 0 Å². The molecule has 0 spiro atoms. The van der Waals surface area contributed by atoms with E-state index in [0.29, 0.717) is 6.42 Å². The highest BCUT2D eigenvalue weighted by Gasteiger charge is 2.15. The Bertz CT molecular complexity index is 581. The van der Waals surface area contributed by atoms with Gasteiger partial charge < -0.3 is 9.84 Å². The van der Waals surface area contributed by atoms with Crippen molar-refractivity contribution in [3.05, 3.63) is 65.0 Å². The van der Waals surface area contributed by atoms with Gasteiger partial charge in [0.2, 0.25) is 0 Å². The molecule has 0 aromatic heterocycles. The van der Waals surface area contributed by atoms with E-state index in [1.807, 2.05) is 31.2 Å². The van der Waals surface area contributed by atoms with E-state index in [1.54, 1.807) is 12.1 Å². The van der Waals surface area contributed by atoms with Crippen molar-refractivity contribution < 1.29 is 14.2 Å². The zero-order valence-corrected chi connectivity index (χ0v) is 11.8. The maximum Gasteiger partial charge on any atom is 0.165 e. The summed E-state index contributed by atoms with van der Waals surface area (Å²) in [5, 5.41) is 9.60. The Hall–Kier alpha value is -1.87. The number of hydrogen-bond acceptors (Lipinski definition) is 2. The third-order valence-corrected chi connectivity index (χ3v) is 3.60. The Morgan fingerprint density at radius 1 is 1.20 bits per heavy atom. The molecule has 1 unspecified atom stereocenters. The van der Waals surface area contributed by atoms with Crippen LogP contribution in [0.3, 0.4) is 0 Å². The lowest BCUT2D eigenvalue weighted by Gasteiger charge is -2.17. The van der Waals surface area contributed by atoms with Crippen molar-refractivity contribution in [2.24, 2.45) is 0 Å². The van der Waals surface area contributed by atoms with Gasteiger partial charge in [0.25, 0.3) is 0 Å². The minimum atomic E-state index is -0.395. The van der Waals surface area contributed by atoms with Crippen LogP contribution in [0.15, 0.2) is 42.5 Å². The van der Waals surface area contributed by atoms with Crippen LogP contribution >= 0.6 is 0 Å². The summed E-state index contributed by atoms with van der Waals surface area (Å²) >= 11 is 0. The number of rotatable bonds is 5. The molecule has 2 rings (SSSR count). The molecule has 2 nitrogen and oxygen atoms in total. The van der Waals surface area contributed by atoms with Crippen LogP contribution < -0.4 is 4.74 Å². The second kappa shape index (κ2) is 6.53. The molecule has 0 saturated heterocycles. The van der Waals surface area contributed by atoms with E-state index in [1.165, 1.54) is 24.3 Å². The van der Waals surface area contributed by atoms with Crippen LogP contribution in [0.1, 0.15) is 22.6 Å². The van der Waals surface area contributed by atoms with E-state index in [0.717, 1.165) is 5.56 Å². The van der Waals surface area contributed by atoms with Gasteiger partial charge in [-0.3, -0.25) is 0 Å². The van der Waals surface area contributed by atoms with Crippen molar-refractivity contribution >= 4 is 0 Å². The summed E-state index contributed by atoms with van der Waals surface area (Å²) < 4.78 is 18.7. The minimum absolute atomic E-state index is 0.0138. The average Bonchev–Trinajstić information content (AvgIpc) is 2.46. The fourth-order valence-corrected chi connectivity index (χ4v) is 2.33. The molecule has 0 bridgehead atoms. The molecule has 1 N–H and O–H groups in total. The van der Waals surface area contributed by atoms with Gasteiger partial charge in [-0.1, -0.05) is 30.3 Å². The van der Waals surface area contributed by atoms with Gasteiger partial charge in [0.15, 0.2) is 11.6 Å². The molecule has 0 aliphatic heterocycles. The molecule has 20 heavy (non-hydrogen) atoms. The van der Waals surface area contributed by atoms with Gasteiger partial charge >= 0.3 is 0 Å². The van der Waals surface area contributed by atoms with E-state index in [2.05, 4.69) is 0 Å². The van der Waals surface area contributed by atoms with Crippen molar-refractivity contribution in [2.75, 3.05) is 13.7 Å². The number of hydrogen-bond donors (Lipinski definition) is 1. The molecule has 0 aliphatic carbocycles. The lowest BCUT2D eigenvalue weighted by Crippen LogP contribution is -2.09. The minimum Gasteiger partial charge on any atom is -0.494 e. The molecular weight excluding hydrogens is 255 g/mol. The first-order valence-corrected chi connectivity index (χ1v) is 6.64. The molecule has 0 saturated carbocycles. The molecule has 2 aromatic rings. The fraction of sp³-hybridized carbons (Fsp3) is 0.294. The number of aliphatic hydroxyl groups excluding tert-OH is 1. The number of halogens is 1. The summed E-state index contributed by atoms with van der Waals surface area (Å²) in [5.41, 5.74) is 3.14. The first kappa shape index (κ1) is 14.5. The Kier molecular flexibility index (Phi) is 4.74. The predicted molar refractivity (Wildman–Crippen MR) is 77.7 cm³/mol. The average molecular weight is 274 g/mol. The van der Waals surface area contributed by atoms with Gasteiger partial charge in [0.1, 0.15) is 0 Å². The predicted octanol–water partition coefficient (Wildman–Crippen LogP) is 3.46. The Labute approximate surface area is 118 Å². The van der Waals surface area contributed by atoms with Gasteiger partial charge in [0.05, 0.1) is 13.7 Å². The summed E-state index contributed by atoms with van der Waals surface area (Å²) in [6, 6.07) is 12.9. The van der Waals surface area contributed by atoms with E-state index in [4.69, 9.17) is 4.74 Å². The molecule has 0 fully saturated rings. The monoisotopic (exact) mass is 274 g/mol. The molecule has 0 radical (unpaired) electrons. The highest BCUT2D eigenvalue weighted by molar-refractivity contribution is 5.34. The SMILES string of the molecule is COc1ccc(C(CO)Cc2ccccc2C)cc1F. The van der Waals surface area contributed by atoms with Crippen LogP contribution in [0.5, 0.6) is 5.75 Å². The number of aryl methyl sites for hydroxylation is 1. The molecule has 106 valence electrons. The van der Waals surface area contributed by atoms with Crippen molar-refractivity contribution in [1.29, 1.82) is 0 Å². The summed E-state index contributed by atoms with van der Waals surface area (Å²) in [6.45, 7) is 2.03. The summed E-state index contributed by atoms with van der Waals surface area (Å²) in [5.74, 6) is -0.286. The molecule has 0 amide bonds. The maximum absolute atomic E-state index is 13.8. The number of benzene rings is 2. The van der Waals surface area contributed by atoms with Crippen molar-refractivity contribution in [3.63, 3.8) is 0 Å². The zero-order chi connectivity index (χ0) is 14.5. The fourth-order valence-electron chi connectivity index (χ4n) is 2.33. The van der Waals surface area contributed by atoms with Crippen LogP contribution in [0.2, 0.25) is 0 Å². The van der Waals surface area contributed by atoms with E-state index >= 15 is 0 Å². The first-order valence-electron chi connectivity index (χ1n) is 6.64. The highest BCUT2D eigenvalue weighted by atomic mass is 19.1. The molecule has 2 aromatic carbocycles. The third kappa shape index (κ3) is 3.17. The molecule has 1 atom stereocenters. The van der Waals surface area contributed by atoms with Gasteiger partial charge in [-0.25, -0.2) is 4.39 Å². The molecular formula is C17H19FO2. The molecule has 3 heteroatoms. The van der Waals surface area contributed by atoms with Gasteiger partial charge in [-0.15, -0.1) is 0 Å². The maximum atomic E-state index is 13.8. The van der Waals surface area contributed by atoms with E-state index in [9.17, 15) is 9.50 Å². The van der Waals surface area contributed by atoms with E-state index in [-0.39, 0.29) is 18.3 Å². The van der Waals surface area contributed by atoms with Crippen LogP contribution in [0.4, 0.5) is 4.39 Å². The second-order valence-corrected chi connectivity index (χ2v) is 4.90. The summed E-state index contributed by atoms with van der Waals surface area (Å²) in [6.07, 6.45) is 0.689. The Balaban J connectivity index is 2.24.